The molecule has 2 unspecified atom stereocenters. The number of hydrogen-bond donors (Lipinski definition) is 1. The van der Waals surface area contributed by atoms with Crippen LogP contribution in [-0.4, -0.2) is 36.8 Å². The molecule has 0 saturated carbocycles. The zero-order valence-corrected chi connectivity index (χ0v) is 10.4. The van der Waals surface area contributed by atoms with Gasteiger partial charge < -0.3 is 10.1 Å². The average molecular weight is 217 g/mol. The molecule has 1 aliphatic heterocycles. The highest BCUT2D eigenvalue weighted by molar-refractivity contribution is 7.99. The van der Waals surface area contributed by atoms with Gasteiger partial charge in [0.15, 0.2) is 0 Å². The fraction of sp³-hybridized carbons (Fsp3) is 1.00. The lowest BCUT2D eigenvalue weighted by molar-refractivity contribution is 0.104. The van der Waals surface area contributed by atoms with E-state index in [0.29, 0.717) is 18.0 Å². The van der Waals surface area contributed by atoms with Gasteiger partial charge in [-0.3, -0.25) is 0 Å². The van der Waals surface area contributed by atoms with Crippen molar-refractivity contribution in [3.8, 4) is 0 Å². The van der Waals surface area contributed by atoms with Gasteiger partial charge in [0.25, 0.3) is 0 Å². The summed E-state index contributed by atoms with van der Waals surface area (Å²) in [7, 11) is 0. The molecule has 3 heteroatoms. The van der Waals surface area contributed by atoms with Gasteiger partial charge in [0.05, 0.1) is 6.61 Å². The van der Waals surface area contributed by atoms with Gasteiger partial charge in [0.2, 0.25) is 0 Å². The van der Waals surface area contributed by atoms with Gasteiger partial charge in [0.1, 0.15) is 0 Å². The third-order valence-corrected chi connectivity index (χ3v) is 3.85. The maximum atomic E-state index is 5.50. The Bertz CT molecular complexity index is 146. The molecule has 0 aromatic carbocycles. The number of ether oxygens (including phenoxy) is 1. The third-order valence-electron chi connectivity index (χ3n) is 2.69. The minimum atomic E-state index is 0.527. The van der Waals surface area contributed by atoms with Crippen LogP contribution in [0.15, 0.2) is 0 Å². The van der Waals surface area contributed by atoms with Crippen molar-refractivity contribution >= 4 is 11.8 Å². The van der Waals surface area contributed by atoms with E-state index < -0.39 is 0 Å². The second-order valence-electron chi connectivity index (χ2n) is 4.24. The van der Waals surface area contributed by atoms with Crippen LogP contribution in [0.5, 0.6) is 0 Å². The first kappa shape index (κ1) is 12.3. The summed E-state index contributed by atoms with van der Waals surface area (Å²) in [5, 5.41) is 3.70. The number of hydrogen-bond acceptors (Lipinski definition) is 3. The molecule has 1 heterocycles. The Hall–Kier alpha value is 0.270. The Labute approximate surface area is 92.2 Å². The molecule has 14 heavy (non-hydrogen) atoms. The topological polar surface area (TPSA) is 21.3 Å². The summed E-state index contributed by atoms with van der Waals surface area (Å²) in [5.74, 6) is 3.25. The molecular weight excluding hydrogens is 194 g/mol. The molecule has 0 radical (unpaired) electrons. The Morgan fingerprint density at radius 3 is 2.79 bits per heavy atom. The molecule has 0 aliphatic carbocycles. The lowest BCUT2D eigenvalue weighted by Gasteiger charge is -2.25. The molecule has 0 bridgehead atoms. The first-order chi connectivity index (χ1) is 6.74. The van der Waals surface area contributed by atoms with Crippen LogP contribution in [0.2, 0.25) is 0 Å². The number of thioether (sulfide) groups is 1. The minimum absolute atomic E-state index is 0.527. The summed E-state index contributed by atoms with van der Waals surface area (Å²) in [6, 6.07) is 1.24. The molecule has 1 fully saturated rings. The van der Waals surface area contributed by atoms with Crippen molar-refractivity contribution in [3.63, 3.8) is 0 Å². The Kier molecular flexibility index (Phi) is 5.90. The Morgan fingerprint density at radius 1 is 1.50 bits per heavy atom. The summed E-state index contributed by atoms with van der Waals surface area (Å²) in [6.07, 6.45) is 1.32. The predicted octanol–water partition coefficient (Wildman–Crippen LogP) is 2.14. The maximum Gasteiger partial charge on any atom is 0.0622 e. The van der Waals surface area contributed by atoms with Crippen LogP contribution in [-0.2, 0) is 4.74 Å². The van der Waals surface area contributed by atoms with E-state index in [1.165, 1.54) is 17.9 Å². The molecule has 1 rings (SSSR count). The van der Waals surface area contributed by atoms with E-state index in [0.717, 1.165) is 13.2 Å². The molecule has 0 amide bonds. The predicted molar refractivity (Wildman–Crippen MR) is 64.0 cm³/mol. The third kappa shape index (κ3) is 4.20. The van der Waals surface area contributed by atoms with Crippen molar-refractivity contribution < 1.29 is 4.74 Å². The lowest BCUT2D eigenvalue weighted by atomic mass is 10.0. The summed E-state index contributed by atoms with van der Waals surface area (Å²) in [6.45, 7) is 8.26. The van der Waals surface area contributed by atoms with E-state index in [2.05, 4.69) is 37.8 Å². The van der Waals surface area contributed by atoms with E-state index in [-0.39, 0.29) is 0 Å². The zero-order valence-electron chi connectivity index (χ0n) is 9.58. The van der Waals surface area contributed by atoms with Crippen molar-refractivity contribution in [3.05, 3.63) is 0 Å². The van der Waals surface area contributed by atoms with Gasteiger partial charge in [-0.1, -0.05) is 13.8 Å². The average Bonchev–Trinajstić information content (AvgIpc) is 2.64. The molecule has 1 aliphatic rings. The van der Waals surface area contributed by atoms with Crippen LogP contribution < -0.4 is 5.32 Å². The lowest BCUT2D eigenvalue weighted by Crippen LogP contribution is -2.44. The second kappa shape index (κ2) is 6.70. The Morgan fingerprint density at radius 2 is 2.29 bits per heavy atom. The summed E-state index contributed by atoms with van der Waals surface area (Å²) in [4.78, 5) is 0. The normalized spacial score (nSPS) is 24.4. The highest BCUT2D eigenvalue weighted by atomic mass is 32.2. The first-order valence-corrected chi connectivity index (χ1v) is 6.81. The Balaban J connectivity index is 2.26. The monoisotopic (exact) mass is 217 g/mol. The van der Waals surface area contributed by atoms with Crippen LogP contribution >= 0.6 is 11.8 Å². The SMILES string of the molecule is CCOCC(NC1CCSC1)C(C)C. The van der Waals surface area contributed by atoms with E-state index in [1.54, 1.807) is 0 Å². The van der Waals surface area contributed by atoms with E-state index >= 15 is 0 Å². The van der Waals surface area contributed by atoms with Crippen molar-refractivity contribution in [1.29, 1.82) is 0 Å². The summed E-state index contributed by atoms with van der Waals surface area (Å²) < 4.78 is 5.50. The molecular formula is C11H23NOS. The van der Waals surface area contributed by atoms with Gasteiger partial charge in [-0.25, -0.2) is 0 Å². The smallest absolute Gasteiger partial charge is 0.0622 e. The van der Waals surface area contributed by atoms with Crippen LogP contribution in [0.25, 0.3) is 0 Å². The first-order valence-electron chi connectivity index (χ1n) is 5.65. The zero-order chi connectivity index (χ0) is 10.4. The van der Waals surface area contributed by atoms with Crippen molar-refractivity contribution in [2.75, 3.05) is 24.7 Å². The van der Waals surface area contributed by atoms with Crippen molar-refractivity contribution in [2.24, 2.45) is 5.92 Å². The summed E-state index contributed by atoms with van der Waals surface area (Å²) in [5.41, 5.74) is 0. The van der Waals surface area contributed by atoms with Gasteiger partial charge in [-0.2, -0.15) is 11.8 Å². The quantitative estimate of drug-likeness (QED) is 0.736. The van der Waals surface area contributed by atoms with E-state index in [1.807, 2.05) is 0 Å². The molecule has 84 valence electrons. The van der Waals surface area contributed by atoms with Crippen LogP contribution in [0.1, 0.15) is 27.2 Å². The fourth-order valence-corrected chi connectivity index (χ4v) is 2.81. The van der Waals surface area contributed by atoms with Crippen LogP contribution in [0.4, 0.5) is 0 Å². The number of nitrogens with one attached hydrogen (secondary N) is 1. The van der Waals surface area contributed by atoms with Gasteiger partial charge in [0, 0.05) is 24.4 Å². The maximum absolute atomic E-state index is 5.50. The summed E-state index contributed by atoms with van der Waals surface area (Å²) >= 11 is 2.06. The second-order valence-corrected chi connectivity index (χ2v) is 5.39. The highest BCUT2D eigenvalue weighted by Crippen LogP contribution is 2.18. The van der Waals surface area contributed by atoms with E-state index in [9.17, 15) is 0 Å². The van der Waals surface area contributed by atoms with E-state index in [4.69, 9.17) is 4.74 Å². The molecule has 2 atom stereocenters. The van der Waals surface area contributed by atoms with Crippen LogP contribution in [0, 0.1) is 5.92 Å². The highest BCUT2D eigenvalue weighted by Gasteiger charge is 2.21. The largest absolute Gasteiger partial charge is 0.380 e. The minimum Gasteiger partial charge on any atom is -0.380 e. The standard InChI is InChI=1S/C11H23NOS/c1-4-13-7-11(9(2)3)12-10-5-6-14-8-10/h9-12H,4-8H2,1-3H3. The van der Waals surface area contributed by atoms with Crippen LogP contribution in [0.3, 0.4) is 0 Å². The molecule has 0 aromatic heterocycles. The van der Waals surface area contributed by atoms with Gasteiger partial charge in [-0.15, -0.1) is 0 Å². The van der Waals surface area contributed by atoms with Gasteiger partial charge in [-0.05, 0) is 25.0 Å². The van der Waals surface area contributed by atoms with Crippen molar-refractivity contribution in [2.45, 2.75) is 39.3 Å². The molecule has 1 saturated heterocycles. The molecule has 0 spiro atoms. The fourth-order valence-electron chi connectivity index (χ4n) is 1.65. The molecule has 0 aromatic rings. The molecule has 2 nitrogen and oxygen atoms in total. The number of rotatable bonds is 6. The molecule has 1 N–H and O–H groups in total. The van der Waals surface area contributed by atoms with Crippen molar-refractivity contribution in [1.82, 2.24) is 5.32 Å². The van der Waals surface area contributed by atoms with Gasteiger partial charge >= 0.3 is 0 Å².